The molecule has 0 aliphatic carbocycles. The molecule has 1 N–H and O–H groups in total. The molecule has 0 fully saturated rings. The number of fused-ring (bicyclic) bond motifs is 2. The van der Waals surface area contributed by atoms with Gasteiger partial charge in [-0.25, -0.2) is 18.3 Å². The van der Waals surface area contributed by atoms with Gasteiger partial charge < -0.3 is 0 Å². The molecule has 0 radical (unpaired) electrons. The van der Waals surface area contributed by atoms with Crippen molar-refractivity contribution in [2.45, 2.75) is 26.7 Å². The molecule has 128 valence electrons. The minimum Gasteiger partial charge on any atom is -0.276 e. The quantitative estimate of drug-likeness (QED) is 0.573. The minimum absolute atomic E-state index is 0.100. The zero-order chi connectivity index (χ0) is 17.7. The van der Waals surface area contributed by atoms with Crippen LogP contribution >= 0.6 is 11.6 Å². The number of rotatable bonds is 3. The normalized spacial score (nSPS) is 11.9. The van der Waals surface area contributed by atoms with Crippen molar-refractivity contribution in [3.05, 3.63) is 46.4 Å². The fraction of sp³-hybridized carbons (Fsp3) is 0.235. The van der Waals surface area contributed by atoms with Crippen LogP contribution in [-0.4, -0.2) is 24.8 Å². The number of hydrogen-bond acceptors (Lipinski definition) is 3. The first-order valence-electron chi connectivity index (χ1n) is 7.80. The summed E-state index contributed by atoms with van der Waals surface area (Å²) in [6.45, 7) is 3.68. The first-order valence-corrected chi connectivity index (χ1v) is 8.17. The van der Waals surface area contributed by atoms with Crippen molar-refractivity contribution in [2.75, 3.05) is 0 Å². The van der Waals surface area contributed by atoms with Gasteiger partial charge in [0.25, 0.3) is 6.43 Å². The molecule has 0 unspecified atom stereocenters. The Morgan fingerprint density at radius 3 is 2.80 bits per heavy atom. The van der Waals surface area contributed by atoms with Crippen LogP contribution in [0.15, 0.2) is 24.4 Å². The van der Waals surface area contributed by atoms with Crippen molar-refractivity contribution >= 4 is 28.2 Å². The fourth-order valence-electron chi connectivity index (χ4n) is 3.01. The van der Waals surface area contributed by atoms with Gasteiger partial charge in [0, 0.05) is 22.9 Å². The van der Waals surface area contributed by atoms with Gasteiger partial charge in [-0.05, 0) is 30.7 Å². The van der Waals surface area contributed by atoms with Crippen LogP contribution < -0.4 is 0 Å². The van der Waals surface area contributed by atoms with Crippen LogP contribution in [-0.2, 0) is 6.42 Å². The largest absolute Gasteiger partial charge is 0.276 e. The molecule has 0 saturated carbocycles. The van der Waals surface area contributed by atoms with Gasteiger partial charge in [0.2, 0.25) is 0 Å². The van der Waals surface area contributed by atoms with Gasteiger partial charge in [-0.15, -0.1) is 0 Å². The highest BCUT2D eigenvalue weighted by molar-refractivity contribution is 6.35. The third kappa shape index (κ3) is 2.46. The average molecular weight is 362 g/mol. The third-order valence-electron chi connectivity index (χ3n) is 4.19. The summed E-state index contributed by atoms with van der Waals surface area (Å²) < 4.78 is 29.0. The zero-order valence-corrected chi connectivity index (χ0v) is 14.3. The molecule has 0 amide bonds. The molecule has 4 rings (SSSR count). The van der Waals surface area contributed by atoms with Crippen LogP contribution in [0.5, 0.6) is 0 Å². The average Bonchev–Trinajstić information content (AvgIpc) is 3.21. The Balaban J connectivity index is 2.11. The maximum atomic E-state index is 13.8. The van der Waals surface area contributed by atoms with Crippen molar-refractivity contribution in [2.24, 2.45) is 0 Å². The number of H-pyrrole nitrogens is 1. The Hall–Kier alpha value is -2.54. The lowest BCUT2D eigenvalue weighted by atomic mass is 10.0. The fourth-order valence-corrected chi connectivity index (χ4v) is 3.28. The van der Waals surface area contributed by atoms with E-state index in [2.05, 4.69) is 20.3 Å². The number of aryl methyl sites for hydroxylation is 2. The highest BCUT2D eigenvalue weighted by Crippen LogP contribution is 2.36. The van der Waals surface area contributed by atoms with E-state index in [0.717, 1.165) is 5.39 Å². The number of nitrogens with zero attached hydrogens (tertiary/aromatic N) is 4. The van der Waals surface area contributed by atoms with E-state index < -0.39 is 6.43 Å². The molecule has 8 heteroatoms. The summed E-state index contributed by atoms with van der Waals surface area (Å²) in [6.07, 6.45) is -0.422. The van der Waals surface area contributed by atoms with Crippen molar-refractivity contribution < 1.29 is 8.78 Å². The Morgan fingerprint density at radius 2 is 2.08 bits per heavy atom. The predicted octanol–water partition coefficient (Wildman–Crippen LogP) is 4.73. The van der Waals surface area contributed by atoms with Gasteiger partial charge in [-0.2, -0.15) is 10.2 Å². The first-order chi connectivity index (χ1) is 12.0. The standard InChI is InChI=1S/C17H14ClF2N5/c1-3-13-22-17-8(2)4-11(16(19)20)15(25(17)24-13)9-5-10-7-21-23-14(10)12(18)6-9/h4-7,16H,3H2,1-2H3,(H,21,23). The van der Waals surface area contributed by atoms with Crippen molar-refractivity contribution in [1.29, 1.82) is 0 Å². The molecule has 5 nitrogen and oxygen atoms in total. The monoisotopic (exact) mass is 361 g/mol. The zero-order valence-electron chi connectivity index (χ0n) is 13.5. The van der Waals surface area contributed by atoms with Gasteiger partial charge in [0.05, 0.1) is 22.4 Å². The van der Waals surface area contributed by atoms with Gasteiger partial charge in [0.1, 0.15) is 0 Å². The Labute approximate surface area is 146 Å². The maximum Gasteiger partial charge on any atom is 0.265 e. The molecule has 1 aromatic carbocycles. The second-order valence-electron chi connectivity index (χ2n) is 5.84. The van der Waals surface area contributed by atoms with E-state index in [4.69, 9.17) is 11.6 Å². The number of aromatic amines is 1. The molecule has 0 saturated heterocycles. The molecule has 3 aromatic heterocycles. The summed E-state index contributed by atoms with van der Waals surface area (Å²) in [5, 5.41) is 12.3. The number of aromatic nitrogens is 5. The molecule has 4 aromatic rings. The number of pyridine rings is 1. The Kier molecular flexibility index (Phi) is 3.68. The van der Waals surface area contributed by atoms with Gasteiger partial charge in [-0.1, -0.05) is 18.5 Å². The minimum atomic E-state index is -2.65. The highest BCUT2D eigenvalue weighted by Gasteiger charge is 2.22. The van der Waals surface area contributed by atoms with E-state index in [0.29, 0.717) is 45.3 Å². The molecule has 0 aliphatic rings. The molecular formula is C17H14ClF2N5. The van der Waals surface area contributed by atoms with E-state index in [1.54, 1.807) is 25.3 Å². The lowest BCUT2D eigenvalue weighted by molar-refractivity contribution is 0.151. The summed E-state index contributed by atoms with van der Waals surface area (Å²) in [5.41, 5.74) is 2.64. The number of halogens is 3. The number of alkyl halides is 2. The highest BCUT2D eigenvalue weighted by atomic mass is 35.5. The summed E-state index contributed by atoms with van der Waals surface area (Å²) in [6, 6.07) is 4.89. The number of nitrogens with one attached hydrogen (secondary N) is 1. The molecule has 25 heavy (non-hydrogen) atoms. The summed E-state index contributed by atoms with van der Waals surface area (Å²) in [5.74, 6) is 0.603. The maximum absolute atomic E-state index is 13.8. The summed E-state index contributed by atoms with van der Waals surface area (Å²) in [7, 11) is 0. The molecule has 0 bridgehead atoms. The van der Waals surface area contributed by atoms with E-state index in [1.807, 2.05) is 6.92 Å². The van der Waals surface area contributed by atoms with E-state index in [1.165, 1.54) is 10.6 Å². The lowest BCUT2D eigenvalue weighted by Gasteiger charge is -2.13. The Morgan fingerprint density at radius 1 is 1.28 bits per heavy atom. The molecule has 0 atom stereocenters. The number of benzene rings is 1. The first kappa shape index (κ1) is 16.0. The van der Waals surface area contributed by atoms with Crippen molar-refractivity contribution in [3.8, 4) is 11.3 Å². The SMILES string of the molecule is CCc1nc2c(C)cc(C(F)F)c(-c3cc(Cl)c4[nH]ncc4c3)n2n1. The van der Waals surface area contributed by atoms with E-state index >= 15 is 0 Å². The molecular weight excluding hydrogens is 348 g/mol. The van der Waals surface area contributed by atoms with Crippen molar-refractivity contribution in [3.63, 3.8) is 0 Å². The van der Waals surface area contributed by atoms with Crippen LogP contribution in [0.25, 0.3) is 27.8 Å². The van der Waals surface area contributed by atoms with Crippen LogP contribution in [0.2, 0.25) is 5.02 Å². The predicted molar refractivity (Wildman–Crippen MR) is 92.2 cm³/mol. The summed E-state index contributed by atoms with van der Waals surface area (Å²) >= 11 is 6.30. The van der Waals surface area contributed by atoms with Crippen LogP contribution in [0, 0.1) is 6.92 Å². The topological polar surface area (TPSA) is 58.9 Å². The number of hydrogen-bond donors (Lipinski definition) is 1. The van der Waals surface area contributed by atoms with Crippen LogP contribution in [0.3, 0.4) is 0 Å². The van der Waals surface area contributed by atoms with Gasteiger partial charge in [0.15, 0.2) is 11.5 Å². The van der Waals surface area contributed by atoms with Crippen LogP contribution in [0.4, 0.5) is 8.78 Å². The second kappa shape index (κ2) is 5.77. The molecule has 0 aliphatic heterocycles. The van der Waals surface area contributed by atoms with Gasteiger partial charge in [-0.3, -0.25) is 5.10 Å². The van der Waals surface area contributed by atoms with Crippen molar-refractivity contribution in [1.82, 2.24) is 24.8 Å². The van der Waals surface area contributed by atoms with Gasteiger partial charge >= 0.3 is 0 Å². The molecule has 0 spiro atoms. The Bertz CT molecular complexity index is 1100. The van der Waals surface area contributed by atoms with E-state index in [-0.39, 0.29) is 5.56 Å². The second-order valence-corrected chi connectivity index (χ2v) is 6.25. The molecule has 3 heterocycles. The van der Waals surface area contributed by atoms with E-state index in [9.17, 15) is 8.78 Å². The third-order valence-corrected chi connectivity index (χ3v) is 4.48. The summed E-state index contributed by atoms with van der Waals surface area (Å²) in [4.78, 5) is 4.45. The smallest absolute Gasteiger partial charge is 0.265 e. The van der Waals surface area contributed by atoms with Crippen LogP contribution in [0.1, 0.15) is 30.3 Å². The lowest BCUT2D eigenvalue weighted by Crippen LogP contribution is -2.03.